The van der Waals surface area contributed by atoms with E-state index in [1.54, 1.807) is 6.08 Å². The van der Waals surface area contributed by atoms with E-state index in [2.05, 4.69) is 19.2 Å². The van der Waals surface area contributed by atoms with Gasteiger partial charge in [-0.2, -0.15) is 0 Å². The molecule has 130 valence electrons. The Morgan fingerprint density at radius 1 is 1.05 bits per heavy atom. The van der Waals surface area contributed by atoms with E-state index in [1.807, 2.05) is 6.08 Å². The summed E-state index contributed by atoms with van der Waals surface area (Å²) < 4.78 is 0. The summed E-state index contributed by atoms with van der Waals surface area (Å²) in [4.78, 5) is 11.8. The molecule has 2 atom stereocenters. The maximum absolute atomic E-state index is 11.8. The third-order valence-corrected chi connectivity index (χ3v) is 3.77. The van der Waals surface area contributed by atoms with Gasteiger partial charge >= 0.3 is 0 Å². The van der Waals surface area contributed by atoms with Crippen LogP contribution in [0.3, 0.4) is 0 Å². The molecule has 0 aromatic heterocycles. The second-order valence-corrected chi connectivity index (χ2v) is 5.94. The van der Waals surface area contributed by atoms with Crippen LogP contribution >= 0.6 is 0 Å². The zero-order chi connectivity index (χ0) is 16.6. The average molecular weight is 313 g/mol. The predicted octanol–water partition coefficient (Wildman–Crippen LogP) is 3.32. The van der Waals surface area contributed by atoms with Gasteiger partial charge in [0, 0.05) is 6.42 Å². The van der Waals surface area contributed by atoms with E-state index in [9.17, 15) is 15.0 Å². The molecule has 0 spiro atoms. The van der Waals surface area contributed by atoms with Crippen molar-refractivity contribution in [3.8, 4) is 0 Å². The molecule has 4 heteroatoms. The molecule has 0 aliphatic heterocycles. The fourth-order valence-electron chi connectivity index (χ4n) is 2.28. The van der Waals surface area contributed by atoms with Gasteiger partial charge in [0.25, 0.3) is 0 Å². The molecule has 0 aromatic carbocycles. The Morgan fingerprint density at radius 3 is 2.32 bits per heavy atom. The van der Waals surface area contributed by atoms with Crippen LogP contribution in [0.4, 0.5) is 0 Å². The number of hydrogen-bond acceptors (Lipinski definition) is 3. The molecule has 0 heterocycles. The van der Waals surface area contributed by atoms with E-state index in [1.165, 1.54) is 25.7 Å². The number of rotatable bonds is 14. The summed E-state index contributed by atoms with van der Waals surface area (Å²) in [6.45, 7) is 4.05. The summed E-state index contributed by atoms with van der Waals surface area (Å²) in [7, 11) is 0. The highest BCUT2D eigenvalue weighted by molar-refractivity contribution is 5.76. The van der Waals surface area contributed by atoms with E-state index >= 15 is 0 Å². The molecule has 0 rings (SSSR count). The molecule has 0 fully saturated rings. The molecule has 4 nitrogen and oxygen atoms in total. The third-order valence-electron chi connectivity index (χ3n) is 3.77. The van der Waals surface area contributed by atoms with Crippen molar-refractivity contribution in [2.24, 2.45) is 0 Å². The fraction of sp³-hybridized carbons (Fsp3) is 0.833. The second-order valence-electron chi connectivity index (χ2n) is 5.94. The van der Waals surface area contributed by atoms with Gasteiger partial charge in [-0.3, -0.25) is 4.79 Å². The van der Waals surface area contributed by atoms with Crippen LogP contribution in [0.2, 0.25) is 0 Å². The van der Waals surface area contributed by atoms with E-state index in [-0.39, 0.29) is 12.5 Å². The molecule has 0 radical (unpaired) electrons. The summed E-state index contributed by atoms with van der Waals surface area (Å²) in [5.41, 5.74) is 0. The number of nitrogens with one attached hydrogen (secondary N) is 1. The molecular formula is C18H35NO3. The zero-order valence-corrected chi connectivity index (χ0v) is 14.4. The van der Waals surface area contributed by atoms with Crippen molar-refractivity contribution in [2.75, 3.05) is 6.61 Å². The van der Waals surface area contributed by atoms with Crippen LogP contribution in [0.1, 0.15) is 78.1 Å². The quantitative estimate of drug-likeness (QED) is 0.340. The number of aliphatic hydroxyl groups is 2. The molecule has 0 bridgehead atoms. The molecule has 0 aromatic rings. The summed E-state index contributed by atoms with van der Waals surface area (Å²) in [6.07, 6.45) is 13.2. The number of unbranched alkanes of at least 4 members (excludes halogenated alkanes) is 7. The predicted molar refractivity (Wildman–Crippen MR) is 91.7 cm³/mol. The van der Waals surface area contributed by atoms with Crippen LogP contribution in [0, 0.1) is 0 Å². The number of hydrogen-bond donors (Lipinski definition) is 3. The number of carbonyl (C=O) groups is 1. The maximum Gasteiger partial charge on any atom is 0.220 e. The van der Waals surface area contributed by atoms with Crippen LogP contribution in [0.25, 0.3) is 0 Å². The zero-order valence-electron chi connectivity index (χ0n) is 14.4. The molecule has 1 amide bonds. The molecule has 0 aliphatic carbocycles. The van der Waals surface area contributed by atoms with Crippen LogP contribution in [-0.4, -0.2) is 34.9 Å². The SMILES string of the molecule is CCCC/C=C/C(O)C(CO)NC(=O)CCCCCCCC. The normalized spacial score (nSPS) is 14.2. The summed E-state index contributed by atoms with van der Waals surface area (Å²) >= 11 is 0. The largest absolute Gasteiger partial charge is 0.394 e. The lowest BCUT2D eigenvalue weighted by Gasteiger charge is -2.19. The Bertz CT molecular complexity index is 292. The van der Waals surface area contributed by atoms with Crippen molar-refractivity contribution in [1.82, 2.24) is 5.32 Å². The van der Waals surface area contributed by atoms with Crippen LogP contribution < -0.4 is 5.32 Å². The Hall–Kier alpha value is -0.870. The number of amides is 1. The highest BCUT2D eigenvalue weighted by atomic mass is 16.3. The van der Waals surface area contributed by atoms with Gasteiger partial charge in [-0.25, -0.2) is 0 Å². The van der Waals surface area contributed by atoms with Gasteiger partial charge in [0.2, 0.25) is 5.91 Å². The Balaban J connectivity index is 3.89. The van der Waals surface area contributed by atoms with Gasteiger partial charge in [-0.1, -0.05) is 70.9 Å². The summed E-state index contributed by atoms with van der Waals surface area (Å²) in [5.74, 6) is -0.0875. The van der Waals surface area contributed by atoms with Crippen LogP contribution in [0.5, 0.6) is 0 Å². The smallest absolute Gasteiger partial charge is 0.220 e. The Kier molecular flexibility index (Phi) is 14.4. The van der Waals surface area contributed by atoms with Crippen molar-refractivity contribution in [1.29, 1.82) is 0 Å². The molecular weight excluding hydrogens is 278 g/mol. The Labute approximate surface area is 136 Å². The minimum Gasteiger partial charge on any atom is -0.394 e. The monoisotopic (exact) mass is 313 g/mol. The molecule has 0 saturated heterocycles. The highest BCUT2D eigenvalue weighted by Gasteiger charge is 2.17. The first-order valence-corrected chi connectivity index (χ1v) is 8.90. The number of carbonyl (C=O) groups excluding carboxylic acids is 1. The van der Waals surface area contributed by atoms with Crippen molar-refractivity contribution >= 4 is 5.91 Å². The molecule has 0 aliphatic rings. The molecule has 0 saturated carbocycles. The van der Waals surface area contributed by atoms with Gasteiger partial charge in [-0.15, -0.1) is 0 Å². The van der Waals surface area contributed by atoms with E-state index < -0.39 is 12.1 Å². The standard InChI is InChI=1S/C18H35NO3/c1-3-5-7-9-10-12-14-18(22)19-16(15-20)17(21)13-11-8-6-4-2/h11,13,16-17,20-21H,3-10,12,14-15H2,1-2H3,(H,19,22)/b13-11+. The highest BCUT2D eigenvalue weighted by Crippen LogP contribution is 2.07. The maximum atomic E-state index is 11.8. The summed E-state index contributed by atoms with van der Waals surface area (Å²) in [5, 5.41) is 22.0. The van der Waals surface area contributed by atoms with Crippen molar-refractivity contribution in [3.05, 3.63) is 12.2 Å². The minimum atomic E-state index is -0.824. The lowest BCUT2D eigenvalue weighted by atomic mass is 10.1. The lowest BCUT2D eigenvalue weighted by Crippen LogP contribution is -2.45. The Morgan fingerprint density at radius 2 is 1.68 bits per heavy atom. The van der Waals surface area contributed by atoms with Crippen molar-refractivity contribution in [2.45, 2.75) is 90.2 Å². The fourth-order valence-corrected chi connectivity index (χ4v) is 2.28. The average Bonchev–Trinajstić information content (AvgIpc) is 2.52. The van der Waals surface area contributed by atoms with E-state index in [0.29, 0.717) is 6.42 Å². The lowest BCUT2D eigenvalue weighted by molar-refractivity contribution is -0.123. The van der Waals surface area contributed by atoms with Crippen LogP contribution in [-0.2, 0) is 4.79 Å². The molecule has 2 unspecified atom stereocenters. The minimum absolute atomic E-state index is 0.0875. The molecule has 3 N–H and O–H groups in total. The van der Waals surface area contributed by atoms with Crippen LogP contribution in [0.15, 0.2) is 12.2 Å². The van der Waals surface area contributed by atoms with E-state index in [4.69, 9.17) is 0 Å². The first-order chi connectivity index (χ1) is 10.7. The van der Waals surface area contributed by atoms with Gasteiger partial charge in [-0.05, 0) is 12.8 Å². The van der Waals surface area contributed by atoms with Gasteiger partial charge in [0.05, 0.1) is 18.8 Å². The van der Waals surface area contributed by atoms with Gasteiger partial charge < -0.3 is 15.5 Å². The second kappa shape index (κ2) is 15.0. The van der Waals surface area contributed by atoms with Gasteiger partial charge in [0.1, 0.15) is 0 Å². The van der Waals surface area contributed by atoms with Crippen molar-refractivity contribution in [3.63, 3.8) is 0 Å². The molecule has 22 heavy (non-hydrogen) atoms. The first-order valence-electron chi connectivity index (χ1n) is 8.90. The summed E-state index contributed by atoms with van der Waals surface area (Å²) in [6, 6.07) is -0.606. The van der Waals surface area contributed by atoms with Crippen molar-refractivity contribution < 1.29 is 15.0 Å². The number of allylic oxidation sites excluding steroid dienone is 1. The van der Waals surface area contributed by atoms with Gasteiger partial charge in [0.15, 0.2) is 0 Å². The topological polar surface area (TPSA) is 69.6 Å². The number of aliphatic hydroxyl groups excluding tert-OH is 2. The first kappa shape index (κ1) is 21.1. The third kappa shape index (κ3) is 11.8. The van der Waals surface area contributed by atoms with E-state index in [0.717, 1.165) is 32.1 Å².